The third kappa shape index (κ3) is 4.23. The van der Waals surface area contributed by atoms with Crippen LogP contribution in [0.25, 0.3) is 0 Å². The Morgan fingerprint density at radius 2 is 1.88 bits per heavy atom. The average molecular weight is 352 g/mol. The lowest BCUT2D eigenvalue weighted by atomic mass is 10.1. The molecule has 3 rings (SSSR count). The molecule has 0 aromatic heterocycles. The zero-order chi connectivity index (χ0) is 18.5. The van der Waals surface area contributed by atoms with Crippen LogP contribution >= 0.6 is 0 Å². The first-order valence-corrected chi connectivity index (χ1v) is 8.84. The van der Waals surface area contributed by atoms with Crippen molar-refractivity contribution in [3.05, 3.63) is 59.7 Å². The highest BCUT2D eigenvalue weighted by molar-refractivity contribution is 5.97. The number of aryl methyl sites for hydroxylation is 2. The zero-order valence-corrected chi connectivity index (χ0v) is 15.3. The fourth-order valence-electron chi connectivity index (χ4n) is 3.12. The van der Waals surface area contributed by atoms with Crippen LogP contribution in [0.3, 0.4) is 0 Å². The number of carbonyl (C=O) groups excluding carboxylic acids is 2. The maximum absolute atomic E-state index is 12.5. The molecule has 1 heterocycles. The number of amides is 2. The van der Waals surface area contributed by atoms with Gasteiger partial charge in [-0.05, 0) is 43.2 Å². The van der Waals surface area contributed by atoms with Crippen LogP contribution in [0.15, 0.2) is 48.5 Å². The highest BCUT2D eigenvalue weighted by Gasteiger charge is 2.27. The van der Waals surface area contributed by atoms with E-state index in [2.05, 4.69) is 0 Å². The summed E-state index contributed by atoms with van der Waals surface area (Å²) in [5.74, 6) is 0.774. The number of benzene rings is 2. The first-order chi connectivity index (χ1) is 12.6. The molecule has 0 atom stereocenters. The molecule has 0 unspecified atom stereocenters. The highest BCUT2D eigenvalue weighted by atomic mass is 16.5. The zero-order valence-electron chi connectivity index (χ0n) is 15.3. The van der Waals surface area contributed by atoms with Gasteiger partial charge in [0.25, 0.3) is 0 Å². The average Bonchev–Trinajstić information content (AvgIpc) is 2.67. The predicted molar refractivity (Wildman–Crippen MR) is 101 cm³/mol. The van der Waals surface area contributed by atoms with Crippen molar-refractivity contribution >= 4 is 17.5 Å². The van der Waals surface area contributed by atoms with Gasteiger partial charge in [0, 0.05) is 25.2 Å². The van der Waals surface area contributed by atoms with Gasteiger partial charge < -0.3 is 14.5 Å². The van der Waals surface area contributed by atoms with E-state index in [4.69, 9.17) is 4.74 Å². The number of anilines is 1. The Morgan fingerprint density at radius 3 is 2.58 bits per heavy atom. The van der Waals surface area contributed by atoms with Gasteiger partial charge in [0.1, 0.15) is 12.3 Å². The standard InChI is InChI=1S/C21H24N2O3/c1-16-6-9-18(10-7-16)23-13-12-22(15-21(23)25)20(24)11-8-17-4-3-5-19(14-17)26-2/h3-7,9-10,14H,8,11-13,15H2,1-2H3. The quantitative estimate of drug-likeness (QED) is 0.831. The number of methoxy groups -OCH3 is 1. The SMILES string of the molecule is COc1cccc(CCC(=O)N2CCN(c3ccc(C)cc3)C(=O)C2)c1. The fraction of sp³-hybridized carbons (Fsp3) is 0.333. The summed E-state index contributed by atoms with van der Waals surface area (Å²) in [4.78, 5) is 28.4. The van der Waals surface area contributed by atoms with E-state index in [1.807, 2.05) is 55.5 Å². The molecule has 1 fully saturated rings. The summed E-state index contributed by atoms with van der Waals surface area (Å²) >= 11 is 0. The molecular formula is C21H24N2O3. The van der Waals surface area contributed by atoms with E-state index in [1.165, 1.54) is 0 Å². The van der Waals surface area contributed by atoms with Crippen molar-refractivity contribution in [1.82, 2.24) is 4.90 Å². The van der Waals surface area contributed by atoms with Gasteiger partial charge in [-0.3, -0.25) is 9.59 Å². The summed E-state index contributed by atoms with van der Waals surface area (Å²) in [5.41, 5.74) is 3.11. The molecule has 1 aliphatic heterocycles. The second kappa shape index (κ2) is 8.04. The van der Waals surface area contributed by atoms with Crippen molar-refractivity contribution in [1.29, 1.82) is 0 Å². The maximum atomic E-state index is 12.5. The molecule has 5 heteroatoms. The first-order valence-electron chi connectivity index (χ1n) is 8.84. The molecule has 136 valence electrons. The molecule has 26 heavy (non-hydrogen) atoms. The first kappa shape index (κ1) is 18.0. The Hall–Kier alpha value is -2.82. The largest absolute Gasteiger partial charge is 0.497 e. The van der Waals surface area contributed by atoms with Crippen molar-refractivity contribution in [2.24, 2.45) is 0 Å². The minimum Gasteiger partial charge on any atom is -0.497 e. The number of rotatable bonds is 5. The number of nitrogens with zero attached hydrogens (tertiary/aromatic N) is 2. The van der Waals surface area contributed by atoms with E-state index in [1.54, 1.807) is 16.9 Å². The Balaban J connectivity index is 1.55. The van der Waals surface area contributed by atoms with E-state index >= 15 is 0 Å². The Labute approximate surface area is 154 Å². The molecule has 1 aliphatic rings. The number of piperazine rings is 1. The molecule has 1 saturated heterocycles. The summed E-state index contributed by atoms with van der Waals surface area (Å²) in [6, 6.07) is 15.6. The molecule has 2 amide bonds. The lowest BCUT2D eigenvalue weighted by Gasteiger charge is -2.34. The smallest absolute Gasteiger partial charge is 0.246 e. The molecular weight excluding hydrogens is 328 g/mol. The van der Waals surface area contributed by atoms with Crippen molar-refractivity contribution < 1.29 is 14.3 Å². The van der Waals surface area contributed by atoms with Gasteiger partial charge >= 0.3 is 0 Å². The second-order valence-corrected chi connectivity index (χ2v) is 6.55. The van der Waals surface area contributed by atoms with Gasteiger partial charge in [-0.25, -0.2) is 0 Å². The van der Waals surface area contributed by atoms with E-state index in [-0.39, 0.29) is 18.4 Å². The molecule has 0 bridgehead atoms. The van der Waals surface area contributed by atoms with Crippen molar-refractivity contribution in [3.8, 4) is 5.75 Å². The van der Waals surface area contributed by atoms with Gasteiger partial charge in [0.05, 0.1) is 7.11 Å². The lowest BCUT2D eigenvalue weighted by Crippen LogP contribution is -2.52. The van der Waals surface area contributed by atoms with Gasteiger partial charge in [0.2, 0.25) is 11.8 Å². The molecule has 0 radical (unpaired) electrons. The van der Waals surface area contributed by atoms with Crippen LogP contribution < -0.4 is 9.64 Å². The Morgan fingerprint density at radius 1 is 1.12 bits per heavy atom. The van der Waals surface area contributed by atoms with Crippen LogP contribution in [0.5, 0.6) is 5.75 Å². The summed E-state index contributed by atoms with van der Waals surface area (Å²) in [6.45, 7) is 3.26. The van der Waals surface area contributed by atoms with Crippen molar-refractivity contribution in [2.75, 3.05) is 31.6 Å². The monoisotopic (exact) mass is 352 g/mol. The fourth-order valence-corrected chi connectivity index (χ4v) is 3.12. The number of hydrogen-bond acceptors (Lipinski definition) is 3. The Bertz CT molecular complexity index is 786. The molecule has 0 saturated carbocycles. The van der Waals surface area contributed by atoms with Crippen molar-refractivity contribution in [2.45, 2.75) is 19.8 Å². The minimum atomic E-state index is -0.0326. The van der Waals surface area contributed by atoms with Gasteiger partial charge in [0.15, 0.2) is 0 Å². The predicted octanol–water partition coefficient (Wildman–Crippen LogP) is 2.81. The highest BCUT2D eigenvalue weighted by Crippen LogP contribution is 2.19. The van der Waals surface area contributed by atoms with Crippen LogP contribution in [0.4, 0.5) is 5.69 Å². The molecule has 0 spiro atoms. The number of carbonyl (C=O) groups is 2. The molecule has 2 aromatic carbocycles. The summed E-state index contributed by atoms with van der Waals surface area (Å²) < 4.78 is 5.21. The van der Waals surface area contributed by atoms with Gasteiger partial charge in [-0.15, -0.1) is 0 Å². The van der Waals surface area contributed by atoms with E-state index in [0.717, 1.165) is 22.6 Å². The molecule has 5 nitrogen and oxygen atoms in total. The van der Waals surface area contributed by atoms with Gasteiger partial charge in [-0.1, -0.05) is 29.8 Å². The summed E-state index contributed by atoms with van der Waals surface area (Å²) in [5, 5.41) is 0. The normalized spacial score (nSPS) is 14.5. The number of ether oxygens (including phenoxy) is 1. The maximum Gasteiger partial charge on any atom is 0.246 e. The topological polar surface area (TPSA) is 49.9 Å². The number of hydrogen-bond donors (Lipinski definition) is 0. The van der Waals surface area contributed by atoms with Crippen LogP contribution in [0.1, 0.15) is 17.5 Å². The molecule has 2 aromatic rings. The van der Waals surface area contributed by atoms with E-state index < -0.39 is 0 Å². The summed E-state index contributed by atoms with van der Waals surface area (Å²) in [7, 11) is 1.63. The third-order valence-corrected chi connectivity index (χ3v) is 4.68. The second-order valence-electron chi connectivity index (χ2n) is 6.55. The van der Waals surface area contributed by atoms with E-state index in [9.17, 15) is 9.59 Å². The molecule has 0 aliphatic carbocycles. The van der Waals surface area contributed by atoms with E-state index in [0.29, 0.717) is 25.9 Å². The third-order valence-electron chi connectivity index (χ3n) is 4.68. The van der Waals surface area contributed by atoms with Crippen molar-refractivity contribution in [3.63, 3.8) is 0 Å². The lowest BCUT2D eigenvalue weighted by molar-refractivity contribution is -0.136. The van der Waals surface area contributed by atoms with Crippen LogP contribution in [-0.2, 0) is 16.0 Å². The van der Waals surface area contributed by atoms with Gasteiger partial charge in [-0.2, -0.15) is 0 Å². The van der Waals surface area contributed by atoms with Crippen LogP contribution in [0, 0.1) is 6.92 Å². The minimum absolute atomic E-state index is 0.0183. The molecule has 0 N–H and O–H groups in total. The van der Waals surface area contributed by atoms with Crippen LogP contribution in [0.2, 0.25) is 0 Å². The van der Waals surface area contributed by atoms with Crippen LogP contribution in [-0.4, -0.2) is 43.5 Å². The Kier molecular flexibility index (Phi) is 5.56. The summed E-state index contributed by atoms with van der Waals surface area (Å²) in [6.07, 6.45) is 1.04.